The Morgan fingerprint density at radius 3 is 2.50 bits per heavy atom. The summed E-state index contributed by atoms with van der Waals surface area (Å²) < 4.78 is 0. The Bertz CT molecular complexity index is 339. The highest BCUT2D eigenvalue weighted by Crippen LogP contribution is 2.17. The number of hydrogen-bond donors (Lipinski definition) is 1. The van der Waals surface area contributed by atoms with Gasteiger partial charge in [0.05, 0.1) is 0 Å². The number of carbonyl (C=O) groups excluding carboxylic acids is 1. The molecule has 0 saturated heterocycles. The largest absolute Gasteiger partial charge is 0.383 e. The van der Waals surface area contributed by atoms with Gasteiger partial charge in [0, 0.05) is 11.4 Å². The molecule has 1 aromatic rings. The third kappa shape index (κ3) is 2.82. The number of rotatable bonds is 3. The molecule has 0 saturated carbocycles. The van der Waals surface area contributed by atoms with Crippen LogP contribution >= 0.6 is 11.6 Å². The zero-order chi connectivity index (χ0) is 10.8. The summed E-state index contributed by atoms with van der Waals surface area (Å²) in [6.07, 6.45) is 0.170. The molecule has 14 heavy (non-hydrogen) atoms. The predicted octanol–water partition coefficient (Wildman–Crippen LogP) is 2.22. The van der Waals surface area contributed by atoms with Crippen molar-refractivity contribution in [3.8, 4) is 0 Å². The van der Waals surface area contributed by atoms with Gasteiger partial charge in [0.2, 0.25) is 0 Å². The van der Waals surface area contributed by atoms with Crippen molar-refractivity contribution in [2.45, 2.75) is 25.9 Å². The highest BCUT2D eigenvalue weighted by Gasteiger charge is 2.23. The first-order valence-electron chi connectivity index (χ1n) is 4.40. The smallest absolute Gasteiger partial charge is 0.168 e. The molecule has 2 nitrogen and oxygen atoms in total. The minimum absolute atomic E-state index is 0.170. The first-order valence-corrected chi connectivity index (χ1v) is 4.78. The van der Waals surface area contributed by atoms with Crippen LogP contribution in [0.2, 0.25) is 5.02 Å². The molecule has 0 aliphatic rings. The van der Waals surface area contributed by atoms with Gasteiger partial charge in [-0.15, -0.1) is 0 Å². The molecular weight excluding hydrogens is 200 g/mol. The van der Waals surface area contributed by atoms with Gasteiger partial charge < -0.3 is 5.11 Å². The van der Waals surface area contributed by atoms with E-state index in [1.165, 1.54) is 13.8 Å². The summed E-state index contributed by atoms with van der Waals surface area (Å²) in [5.41, 5.74) is -0.541. The van der Waals surface area contributed by atoms with E-state index in [1.807, 2.05) is 6.07 Å². The maximum absolute atomic E-state index is 11.5. The summed E-state index contributed by atoms with van der Waals surface area (Å²) in [7, 11) is 0. The molecule has 1 rings (SSSR count). The second kappa shape index (κ2) is 4.11. The molecular formula is C11H13ClO2. The van der Waals surface area contributed by atoms with Crippen molar-refractivity contribution < 1.29 is 9.90 Å². The molecule has 0 aromatic heterocycles. The molecule has 1 N–H and O–H groups in total. The number of benzene rings is 1. The summed E-state index contributed by atoms with van der Waals surface area (Å²) >= 11 is 5.88. The van der Waals surface area contributed by atoms with E-state index in [0.717, 1.165) is 5.56 Å². The zero-order valence-electron chi connectivity index (χ0n) is 8.25. The van der Waals surface area contributed by atoms with Crippen LogP contribution in [0.3, 0.4) is 0 Å². The Morgan fingerprint density at radius 1 is 1.43 bits per heavy atom. The lowest BCUT2D eigenvalue weighted by molar-refractivity contribution is -0.133. The lowest BCUT2D eigenvalue weighted by Gasteiger charge is -2.15. The second-order valence-electron chi connectivity index (χ2n) is 3.75. The maximum atomic E-state index is 11.5. The van der Waals surface area contributed by atoms with Crippen LogP contribution in [0, 0.1) is 0 Å². The van der Waals surface area contributed by atoms with E-state index in [0.29, 0.717) is 5.02 Å². The molecule has 3 heteroatoms. The van der Waals surface area contributed by atoms with Crippen LogP contribution in [0.25, 0.3) is 0 Å². The molecule has 0 amide bonds. The number of ketones is 1. The molecule has 0 heterocycles. The minimum atomic E-state index is -1.29. The van der Waals surface area contributed by atoms with E-state index >= 15 is 0 Å². The Hall–Kier alpha value is -0.860. The van der Waals surface area contributed by atoms with Crippen molar-refractivity contribution in [2.75, 3.05) is 0 Å². The van der Waals surface area contributed by atoms with Crippen molar-refractivity contribution in [3.63, 3.8) is 0 Å². The van der Waals surface area contributed by atoms with Crippen LogP contribution < -0.4 is 0 Å². The van der Waals surface area contributed by atoms with Gasteiger partial charge in [-0.25, -0.2) is 0 Å². The summed E-state index contributed by atoms with van der Waals surface area (Å²) in [6, 6.07) is 7.14. The zero-order valence-corrected chi connectivity index (χ0v) is 9.01. The average Bonchev–Trinajstić information content (AvgIpc) is 2.07. The van der Waals surface area contributed by atoms with Gasteiger partial charge >= 0.3 is 0 Å². The molecule has 0 fully saturated rings. The molecule has 0 spiro atoms. The summed E-state index contributed by atoms with van der Waals surface area (Å²) in [5, 5.41) is 10.0. The van der Waals surface area contributed by atoms with Gasteiger partial charge in [0.15, 0.2) is 5.78 Å². The summed E-state index contributed by atoms with van der Waals surface area (Å²) in [4.78, 5) is 11.5. The third-order valence-electron chi connectivity index (χ3n) is 1.99. The van der Waals surface area contributed by atoms with Crippen molar-refractivity contribution in [1.29, 1.82) is 0 Å². The SMILES string of the molecule is CC(C)(O)C(=O)Cc1ccccc1Cl. The molecule has 1 aromatic carbocycles. The van der Waals surface area contributed by atoms with Crippen LogP contribution in [-0.2, 0) is 11.2 Å². The lowest BCUT2D eigenvalue weighted by Crippen LogP contribution is -2.32. The van der Waals surface area contributed by atoms with Gasteiger partial charge in [-0.3, -0.25) is 4.79 Å². The molecule has 0 unspecified atom stereocenters. The fourth-order valence-corrected chi connectivity index (χ4v) is 1.23. The first kappa shape index (κ1) is 11.2. The lowest BCUT2D eigenvalue weighted by atomic mass is 9.97. The topological polar surface area (TPSA) is 37.3 Å². The minimum Gasteiger partial charge on any atom is -0.383 e. The second-order valence-corrected chi connectivity index (χ2v) is 4.16. The van der Waals surface area contributed by atoms with Crippen molar-refractivity contribution in [2.24, 2.45) is 0 Å². The predicted molar refractivity (Wildman–Crippen MR) is 56.5 cm³/mol. The molecule has 0 radical (unpaired) electrons. The fourth-order valence-electron chi connectivity index (χ4n) is 1.03. The van der Waals surface area contributed by atoms with Crippen LogP contribution in [0.15, 0.2) is 24.3 Å². The molecule has 0 atom stereocenters. The number of carbonyl (C=O) groups is 1. The van der Waals surface area contributed by atoms with Crippen molar-refractivity contribution in [1.82, 2.24) is 0 Å². The molecule has 0 aliphatic carbocycles. The van der Waals surface area contributed by atoms with E-state index in [9.17, 15) is 9.90 Å². The van der Waals surface area contributed by atoms with E-state index in [2.05, 4.69) is 0 Å². The Balaban J connectivity index is 2.80. The summed E-state index contributed by atoms with van der Waals surface area (Å²) in [6.45, 7) is 2.96. The Labute approximate surface area is 88.5 Å². The van der Waals surface area contributed by atoms with Gasteiger partial charge in [0.1, 0.15) is 5.60 Å². The van der Waals surface area contributed by atoms with Gasteiger partial charge in [-0.1, -0.05) is 29.8 Å². The summed E-state index contributed by atoms with van der Waals surface area (Å²) in [5.74, 6) is -0.231. The van der Waals surface area contributed by atoms with E-state index in [4.69, 9.17) is 11.6 Å². The van der Waals surface area contributed by atoms with Crippen LogP contribution in [0.5, 0.6) is 0 Å². The molecule has 0 bridgehead atoms. The van der Waals surface area contributed by atoms with Crippen molar-refractivity contribution >= 4 is 17.4 Å². The van der Waals surface area contributed by atoms with Gasteiger partial charge in [-0.2, -0.15) is 0 Å². The number of Topliss-reactive ketones (excluding diaryl/α,β-unsaturated/α-hetero) is 1. The highest BCUT2D eigenvalue weighted by atomic mass is 35.5. The van der Waals surface area contributed by atoms with Crippen LogP contribution in [-0.4, -0.2) is 16.5 Å². The average molecular weight is 213 g/mol. The monoisotopic (exact) mass is 212 g/mol. The van der Waals surface area contributed by atoms with Crippen molar-refractivity contribution in [3.05, 3.63) is 34.9 Å². The normalized spacial score (nSPS) is 11.4. The van der Waals surface area contributed by atoms with Gasteiger partial charge in [0.25, 0.3) is 0 Å². The fraction of sp³-hybridized carbons (Fsp3) is 0.364. The Morgan fingerprint density at radius 2 is 2.00 bits per heavy atom. The number of halogens is 1. The standard InChI is InChI=1S/C11H13ClO2/c1-11(2,14)10(13)7-8-5-3-4-6-9(8)12/h3-6,14H,7H2,1-2H3. The third-order valence-corrected chi connectivity index (χ3v) is 2.36. The highest BCUT2D eigenvalue weighted by molar-refractivity contribution is 6.31. The molecule has 76 valence electrons. The van der Waals surface area contributed by atoms with E-state index < -0.39 is 5.60 Å². The van der Waals surface area contributed by atoms with Gasteiger partial charge in [-0.05, 0) is 25.5 Å². The van der Waals surface area contributed by atoms with Crippen LogP contribution in [0.1, 0.15) is 19.4 Å². The Kier molecular flexibility index (Phi) is 3.29. The first-order chi connectivity index (χ1) is 6.41. The quantitative estimate of drug-likeness (QED) is 0.834. The van der Waals surface area contributed by atoms with E-state index in [1.54, 1.807) is 18.2 Å². The maximum Gasteiger partial charge on any atom is 0.168 e. The number of aliphatic hydroxyl groups is 1. The number of hydrogen-bond acceptors (Lipinski definition) is 2. The molecule has 0 aliphatic heterocycles. The van der Waals surface area contributed by atoms with E-state index in [-0.39, 0.29) is 12.2 Å². The van der Waals surface area contributed by atoms with Crippen LogP contribution in [0.4, 0.5) is 0 Å².